The predicted octanol–water partition coefficient (Wildman–Crippen LogP) is 3.06. The summed E-state index contributed by atoms with van der Waals surface area (Å²) < 4.78 is 31.8. The van der Waals surface area contributed by atoms with Crippen LogP contribution in [0.15, 0.2) is 22.6 Å². The summed E-state index contributed by atoms with van der Waals surface area (Å²) in [7, 11) is -3.31. The molecule has 2 aliphatic heterocycles. The quantitative estimate of drug-likeness (QED) is 0.607. The van der Waals surface area contributed by atoms with Crippen molar-refractivity contribution < 1.29 is 18.6 Å². The molecule has 0 unspecified atom stereocenters. The van der Waals surface area contributed by atoms with Gasteiger partial charge < -0.3 is 15.4 Å². The summed E-state index contributed by atoms with van der Waals surface area (Å²) in [5, 5.41) is 0. The van der Waals surface area contributed by atoms with Gasteiger partial charge in [-0.15, -0.1) is 4.40 Å². The Balaban J connectivity index is 1.65. The van der Waals surface area contributed by atoms with Gasteiger partial charge in [-0.05, 0) is 41.9 Å². The molecular weight excluding hydrogens is 368 g/mol. The number of fused-ring (bicyclic) bond motifs is 1. The van der Waals surface area contributed by atoms with E-state index in [2.05, 4.69) is 23.0 Å². The topological polar surface area (TPSA) is 120 Å². The van der Waals surface area contributed by atoms with Crippen LogP contribution < -0.4 is 15.2 Å². The van der Waals surface area contributed by atoms with E-state index in [1.165, 1.54) is 0 Å². The molecule has 5 N–H and O–H groups in total. The Kier molecular flexibility index (Phi) is 5.83. The maximum Gasteiger partial charge on any atom is 0.222 e. The van der Waals surface area contributed by atoms with Crippen LogP contribution >= 0.6 is 11.0 Å². The lowest BCUT2D eigenvalue weighted by Crippen LogP contribution is -2.42. The number of ether oxygens (including phenoxy) is 1. The summed E-state index contributed by atoms with van der Waals surface area (Å²) in [5.74, 6) is 1.39. The molecule has 2 aliphatic rings. The first kappa shape index (κ1) is 19.8. The van der Waals surface area contributed by atoms with Gasteiger partial charge in [-0.25, -0.2) is 0 Å². The smallest absolute Gasteiger partial charge is 0.222 e. The van der Waals surface area contributed by atoms with E-state index in [-0.39, 0.29) is 17.7 Å². The summed E-state index contributed by atoms with van der Waals surface area (Å²) in [6, 6.07) is 5.24. The van der Waals surface area contributed by atoms with Gasteiger partial charge in [0.25, 0.3) is 0 Å². The van der Waals surface area contributed by atoms with Crippen molar-refractivity contribution in [2.75, 3.05) is 24.4 Å². The van der Waals surface area contributed by atoms with Crippen LogP contribution in [-0.4, -0.2) is 45.4 Å². The molecule has 0 saturated carbocycles. The zero-order chi connectivity index (χ0) is 19.6. The maximum absolute atomic E-state index is 12.3. The predicted molar refractivity (Wildman–Crippen MR) is 108 cm³/mol. The molecule has 0 aliphatic carbocycles. The number of nitrogens with two attached hydrogens (primary N) is 1. The maximum atomic E-state index is 12.3. The Labute approximate surface area is 161 Å². The van der Waals surface area contributed by atoms with E-state index in [0.717, 1.165) is 19.4 Å². The Bertz CT molecular complexity index is 738. The van der Waals surface area contributed by atoms with Crippen LogP contribution in [-0.2, 0) is 4.79 Å². The van der Waals surface area contributed by atoms with E-state index in [4.69, 9.17) is 10.5 Å². The number of piperidine rings is 1. The second kappa shape index (κ2) is 7.95. The van der Waals surface area contributed by atoms with E-state index < -0.39 is 11.0 Å². The number of hydrogen-bond donors (Lipinski definition) is 4. The van der Waals surface area contributed by atoms with E-state index in [0.29, 0.717) is 42.5 Å². The van der Waals surface area contributed by atoms with E-state index in [1.54, 1.807) is 18.2 Å². The molecule has 0 bridgehead atoms. The largest absolute Gasteiger partial charge is 0.492 e. The molecule has 1 atom stereocenters. The molecule has 1 amide bonds. The number of hydrogen-bond acceptors (Lipinski definition) is 7. The summed E-state index contributed by atoms with van der Waals surface area (Å²) in [4.78, 5) is 14.3. The van der Waals surface area contributed by atoms with Crippen molar-refractivity contribution in [1.82, 2.24) is 4.90 Å². The van der Waals surface area contributed by atoms with Crippen molar-refractivity contribution in [1.29, 1.82) is 0 Å². The van der Waals surface area contributed by atoms with Gasteiger partial charge in [0.2, 0.25) is 5.91 Å². The van der Waals surface area contributed by atoms with E-state index in [1.807, 2.05) is 4.90 Å². The second-order valence-corrected chi connectivity index (χ2v) is 8.96. The van der Waals surface area contributed by atoms with E-state index >= 15 is 0 Å². The highest BCUT2D eigenvalue weighted by Crippen LogP contribution is 2.46. The molecular formula is C18H28N4O4S. The van der Waals surface area contributed by atoms with Gasteiger partial charge in [-0.1, -0.05) is 19.9 Å². The van der Waals surface area contributed by atoms with Crippen LogP contribution in [0.3, 0.4) is 0 Å². The third kappa shape index (κ3) is 4.85. The van der Waals surface area contributed by atoms with Crippen LogP contribution in [0.4, 0.5) is 5.69 Å². The Morgan fingerprint density at radius 1 is 1.48 bits per heavy atom. The van der Waals surface area contributed by atoms with Crippen LogP contribution in [0.5, 0.6) is 5.75 Å². The standard InChI is InChI=1S/C18H28N4O4S/c1-12(2)9-16(23)22-8-4-5-13(10-22)11-26-15-7-3-6-14-17(15)18(19)21-27(24,25)20-14/h3,6-7,12-13,20,24-25H,4-5,8-11H2,1-2H3,(H2,19,21)/t13-/m0/s1. The molecule has 0 spiro atoms. The highest BCUT2D eigenvalue weighted by molar-refractivity contribution is 8.24. The number of amides is 1. The number of anilines is 1. The third-order valence-corrected chi connectivity index (χ3v) is 5.63. The molecule has 0 radical (unpaired) electrons. The summed E-state index contributed by atoms with van der Waals surface area (Å²) >= 11 is 0. The number of carbonyl (C=O) groups excluding carboxylic acids is 1. The lowest BCUT2D eigenvalue weighted by molar-refractivity contribution is -0.134. The molecule has 27 heavy (non-hydrogen) atoms. The first-order valence-corrected chi connectivity index (χ1v) is 10.7. The Morgan fingerprint density at radius 3 is 3.00 bits per heavy atom. The fourth-order valence-electron chi connectivity index (χ4n) is 3.47. The molecule has 1 fully saturated rings. The lowest BCUT2D eigenvalue weighted by atomic mass is 9.98. The fourth-order valence-corrected chi connectivity index (χ4v) is 4.34. The van der Waals surface area contributed by atoms with Crippen molar-refractivity contribution >= 4 is 28.4 Å². The van der Waals surface area contributed by atoms with Crippen molar-refractivity contribution in [3.63, 3.8) is 0 Å². The fraction of sp³-hybridized carbons (Fsp3) is 0.556. The minimum Gasteiger partial charge on any atom is -0.492 e. The molecule has 1 saturated heterocycles. The van der Waals surface area contributed by atoms with Gasteiger partial charge in [0.15, 0.2) is 5.84 Å². The van der Waals surface area contributed by atoms with Crippen molar-refractivity contribution in [3.8, 4) is 5.75 Å². The Hall–Kier alpha value is -1.97. The first-order valence-electron chi connectivity index (χ1n) is 9.20. The molecule has 2 heterocycles. The minimum atomic E-state index is -3.31. The minimum absolute atomic E-state index is 0.0386. The molecule has 3 rings (SSSR count). The van der Waals surface area contributed by atoms with Gasteiger partial charge in [0, 0.05) is 25.4 Å². The SMILES string of the molecule is CC(C)CC(=O)N1CCC[C@H](COc2cccc3c2C(N)=NS(O)(O)N3)C1. The molecule has 1 aromatic carbocycles. The van der Waals surface area contributed by atoms with Gasteiger partial charge in [-0.3, -0.25) is 18.6 Å². The summed E-state index contributed by atoms with van der Waals surface area (Å²) in [6.07, 6.45) is 2.55. The van der Waals surface area contributed by atoms with Crippen LogP contribution in [0.2, 0.25) is 0 Å². The number of benzene rings is 1. The lowest BCUT2D eigenvalue weighted by Gasteiger charge is -2.35. The third-order valence-electron chi connectivity index (χ3n) is 4.68. The number of likely N-dealkylation sites (tertiary alicyclic amines) is 1. The normalized spacial score (nSPS) is 22.5. The molecule has 8 nitrogen and oxygen atoms in total. The van der Waals surface area contributed by atoms with Gasteiger partial charge in [0.05, 0.1) is 17.9 Å². The zero-order valence-corrected chi connectivity index (χ0v) is 16.5. The highest BCUT2D eigenvalue weighted by Gasteiger charge is 2.27. The van der Waals surface area contributed by atoms with Crippen LogP contribution in [0.1, 0.15) is 38.7 Å². The molecule has 150 valence electrons. The summed E-state index contributed by atoms with van der Waals surface area (Å²) in [5.41, 5.74) is 6.94. The van der Waals surface area contributed by atoms with Gasteiger partial charge >= 0.3 is 0 Å². The number of nitrogens with one attached hydrogen (secondary N) is 1. The second-order valence-electron chi connectivity index (χ2n) is 7.53. The number of rotatable bonds is 5. The first-order chi connectivity index (χ1) is 12.7. The number of carbonyl (C=O) groups is 1. The zero-order valence-electron chi connectivity index (χ0n) is 15.7. The Morgan fingerprint density at radius 2 is 2.26 bits per heavy atom. The molecule has 0 aromatic heterocycles. The van der Waals surface area contributed by atoms with Crippen molar-refractivity contribution in [3.05, 3.63) is 23.8 Å². The van der Waals surface area contributed by atoms with Crippen molar-refractivity contribution in [2.24, 2.45) is 22.0 Å². The number of amidine groups is 1. The summed E-state index contributed by atoms with van der Waals surface area (Å²) in [6.45, 7) is 6.07. The van der Waals surface area contributed by atoms with Gasteiger partial charge in [-0.2, -0.15) is 0 Å². The average Bonchev–Trinajstić information content (AvgIpc) is 2.58. The van der Waals surface area contributed by atoms with Crippen molar-refractivity contribution in [2.45, 2.75) is 33.1 Å². The van der Waals surface area contributed by atoms with E-state index in [9.17, 15) is 13.9 Å². The molecule has 1 aromatic rings. The molecule has 9 heteroatoms. The monoisotopic (exact) mass is 396 g/mol. The van der Waals surface area contributed by atoms with Crippen LogP contribution in [0, 0.1) is 11.8 Å². The number of nitrogens with zero attached hydrogens (tertiary/aromatic N) is 2. The highest BCUT2D eigenvalue weighted by atomic mass is 32.3. The van der Waals surface area contributed by atoms with Crippen LogP contribution in [0.25, 0.3) is 0 Å². The van der Waals surface area contributed by atoms with Gasteiger partial charge in [0.1, 0.15) is 5.75 Å². The average molecular weight is 397 g/mol.